The lowest BCUT2D eigenvalue weighted by atomic mass is 10.1. The zero-order chi connectivity index (χ0) is 19.9. The van der Waals surface area contributed by atoms with E-state index in [1.807, 2.05) is 68.4 Å². The van der Waals surface area contributed by atoms with Gasteiger partial charge < -0.3 is 10.2 Å². The molecule has 0 aliphatic rings. The molecule has 3 aromatic carbocycles. The lowest BCUT2D eigenvalue weighted by molar-refractivity contribution is 0.0752. The normalized spacial score (nSPS) is 10.4. The third-order valence-electron chi connectivity index (χ3n) is 4.57. The second kappa shape index (κ2) is 9.00. The number of anilines is 1. The van der Waals surface area contributed by atoms with Crippen molar-refractivity contribution in [1.29, 1.82) is 0 Å². The summed E-state index contributed by atoms with van der Waals surface area (Å²) in [7, 11) is 0. The SMILES string of the molecule is CCN(Cc1ccccc1)C(=O)c1cccc(C(=O)Nc2ccc(C)cc2)c1. The number of carbonyl (C=O) groups excluding carboxylic acids is 2. The van der Waals surface area contributed by atoms with Crippen molar-refractivity contribution in [3.05, 3.63) is 101 Å². The number of nitrogens with one attached hydrogen (secondary N) is 1. The van der Waals surface area contributed by atoms with E-state index in [0.717, 1.165) is 16.8 Å². The lowest BCUT2D eigenvalue weighted by Gasteiger charge is -2.21. The van der Waals surface area contributed by atoms with E-state index in [9.17, 15) is 9.59 Å². The quantitative estimate of drug-likeness (QED) is 0.668. The fourth-order valence-electron chi connectivity index (χ4n) is 2.95. The predicted octanol–water partition coefficient (Wildman–Crippen LogP) is 4.91. The Hall–Kier alpha value is -3.40. The summed E-state index contributed by atoms with van der Waals surface area (Å²) in [5.41, 5.74) is 3.90. The first-order valence-corrected chi connectivity index (χ1v) is 9.38. The first kappa shape index (κ1) is 19.4. The summed E-state index contributed by atoms with van der Waals surface area (Å²) in [5, 5.41) is 2.87. The summed E-state index contributed by atoms with van der Waals surface area (Å²) in [6.07, 6.45) is 0. The van der Waals surface area contributed by atoms with Crippen LogP contribution in [-0.4, -0.2) is 23.3 Å². The van der Waals surface area contributed by atoms with E-state index < -0.39 is 0 Å². The average Bonchev–Trinajstić information content (AvgIpc) is 2.74. The molecule has 0 unspecified atom stereocenters. The molecule has 0 bridgehead atoms. The van der Waals surface area contributed by atoms with Crippen LogP contribution in [0.25, 0.3) is 0 Å². The Kier molecular flexibility index (Phi) is 6.22. The molecule has 0 saturated heterocycles. The van der Waals surface area contributed by atoms with Crippen LogP contribution in [0, 0.1) is 6.92 Å². The number of hydrogen-bond acceptors (Lipinski definition) is 2. The molecule has 0 aliphatic carbocycles. The van der Waals surface area contributed by atoms with Crippen molar-refractivity contribution in [2.75, 3.05) is 11.9 Å². The molecule has 28 heavy (non-hydrogen) atoms. The molecule has 0 aliphatic heterocycles. The third kappa shape index (κ3) is 4.86. The Balaban J connectivity index is 1.74. The van der Waals surface area contributed by atoms with E-state index in [-0.39, 0.29) is 11.8 Å². The first-order valence-electron chi connectivity index (χ1n) is 9.38. The van der Waals surface area contributed by atoms with Crippen LogP contribution in [-0.2, 0) is 6.54 Å². The van der Waals surface area contributed by atoms with Crippen LogP contribution < -0.4 is 5.32 Å². The largest absolute Gasteiger partial charge is 0.335 e. The highest BCUT2D eigenvalue weighted by Crippen LogP contribution is 2.14. The molecule has 1 N–H and O–H groups in total. The number of aryl methyl sites for hydroxylation is 1. The topological polar surface area (TPSA) is 49.4 Å². The maximum Gasteiger partial charge on any atom is 0.255 e. The minimum absolute atomic E-state index is 0.0867. The molecule has 4 heteroatoms. The van der Waals surface area contributed by atoms with Crippen LogP contribution in [0.4, 0.5) is 5.69 Å². The maximum absolute atomic E-state index is 12.9. The molecule has 3 aromatic rings. The monoisotopic (exact) mass is 372 g/mol. The van der Waals surface area contributed by atoms with E-state index in [1.54, 1.807) is 29.2 Å². The highest BCUT2D eigenvalue weighted by atomic mass is 16.2. The minimum atomic E-state index is -0.232. The van der Waals surface area contributed by atoms with E-state index >= 15 is 0 Å². The van der Waals surface area contributed by atoms with Crippen molar-refractivity contribution in [3.63, 3.8) is 0 Å². The zero-order valence-electron chi connectivity index (χ0n) is 16.2. The summed E-state index contributed by atoms with van der Waals surface area (Å²) in [6.45, 7) is 5.08. The number of rotatable bonds is 6. The molecule has 0 saturated carbocycles. The van der Waals surface area contributed by atoms with Gasteiger partial charge in [0.25, 0.3) is 11.8 Å². The molecule has 4 nitrogen and oxygen atoms in total. The lowest BCUT2D eigenvalue weighted by Crippen LogP contribution is -2.30. The van der Waals surface area contributed by atoms with Crippen LogP contribution in [0.15, 0.2) is 78.9 Å². The predicted molar refractivity (Wildman–Crippen MR) is 112 cm³/mol. The summed E-state index contributed by atoms with van der Waals surface area (Å²) in [5.74, 6) is -0.319. The highest BCUT2D eigenvalue weighted by molar-refractivity contribution is 6.06. The van der Waals surface area contributed by atoms with Gasteiger partial charge in [-0.05, 0) is 49.7 Å². The number of benzene rings is 3. The van der Waals surface area contributed by atoms with Gasteiger partial charge in [0, 0.05) is 29.9 Å². The van der Waals surface area contributed by atoms with Crippen molar-refractivity contribution in [2.45, 2.75) is 20.4 Å². The number of hydrogen-bond donors (Lipinski definition) is 1. The molecule has 0 spiro atoms. The van der Waals surface area contributed by atoms with Crippen LogP contribution in [0.2, 0.25) is 0 Å². The summed E-state index contributed by atoms with van der Waals surface area (Å²) in [6, 6.07) is 24.4. The van der Waals surface area contributed by atoms with E-state index in [1.165, 1.54) is 0 Å². The van der Waals surface area contributed by atoms with Crippen molar-refractivity contribution >= 4 is 17.5 Å². The second-order valence-electron chi connectivity index (χ2n) is 6.71. The summed E-state index contributed by atoms with van der Waals surface area (Å²) < 4.78 is 0. The van der Waals surface area contributed by atoms with Crippen LogP contribution in [0.3, 0.4) is 0 Å². The number of amides is 2. The average molecular weight is 372 g/mol. The first-order chi connectivity index (χ1) is 13.6. The van der Waals surface area contributed by atoms with Crippen molar-refractivity contribution < 1.29 is 9.59 Å². The van der Waals surface area contributed by atoms with Gasteiger partial charge in [-0.15, -0.1) is 0 Å². The van der Waals surface area contributed by atoms with Crippen LogP contribution in [0.1, 0.15) is 38.8 Å². The van der Waals surface area contributed by atoms with E-state index in [0.29, 0.717) is 24.2 Å². The van der Waals surface area contributed by atoms with Crippen molar-refractivity contribution in [3.8, 4) is 0 Å². The maximum atomic E-state index is 12.9. The Morgan fingerprint density at radius 1 is 0.857 bits per heavy atom. The highest BCUT2D eigenvalue weighted by Gasteiger charge is 2.16. The van der Waals surface area contributed by atoms with E-state index in [4.69, 9.17) is 0 Å². The van der Waals surface area contributed by atoms with Gasteiger partial charge in [0.2, 0.25) is 0 Å². The summed E-state index contributed by atoms with van der Waals surface area (Å²) in [4.78, 5) is 27.3. The molecule has 3 rings (SSSR count). The Morgan fingerprint density at radius 3 is 2.21 bits per heavy atom. The molecule has 142 valence electrons. The van der Waals surface area contributed by atoms with Gasteiger partial charge in [-0.25, -0.2) is 0 Å². The van der Waals surface area contributed by atoms with Crippen molar-refractivity contribution in [1.82, 2.24) is 4.90 Å². The van der Waals surface area contributed by atoms with E-state index in [2.05, 4.69) is 5.32 Å². The smallest absolute Gasteiger partial charge is 0.255 e. The molecule has 0 radical (unpaired) electrons. The molecule has 2 amide bonds. The molecular formula is C24H24N2O2. The van der Waals surface area contributed by atoms with Gasteiger partial charge in [-0.2, -0.15) is 0 Å². The fraction of sp³-hybridized carbons (Fsp3) is 0.167. The van der Waals surface area contributed by atoms with Gasteiger partial charge in [0.1, 0.15) is 0 Å². The summed E-state index contributed by atoms with van der Waals surface area (Å²) >= 11 is 0. The van der Waals surface area contributed by atoms with Crippen LogP contribution in [0.5, 0.6) is 0 Å². The fourth-order valence-corrected chi connectivity index (χ4v) is 2.95. The van der Waals surface area contributed by atoms with Gasteiger partial charge in [-0.1, -0.05) is 54.1 Å². The standard InChI is InChI=1S/C24H24N2O2/c1-3-26(17-19-8-5-4-6-9-19)24(28)21-11-7-10-20(16-21)23(27)25-22-14-12-18(2)13-15-22/h4-16H,3,17H2,1-2H3,(H,25,27). The molecule has 0 aromatic heterocycles. The Morgan fingerprint density at radius 2 is 1.54 bits per heavy atom. The minimum Gasteiger partial charge on any atom is -0.335 e. The second-order valence-corrected chi connectivity index (χ2v) is 6.71. The van der Waals surface area contributed by atoms with Gasteiger partial charge in [0.05, 0.1) is 0 Å². The van der Waals surface area contributed by atoms with Crippen molar-refractivity contribution in [2.24, 2.45) is 0 Å². The third-order valence-corrected chi connectivity index (χ3v) is 4.57. The van der Waals surface area contributed by atoms with Gasteiger partial charge in [-0.3, -0.25) is 9.59 Å². The number of carbonyl (C=O) groups is 2. The van der Waals surface area contributed by atoms with Gasteiger partial charge >= 0.3 is 0 Å². The Labute approximate surface area is 165 Å². The van der Waals surface area contributed by atoms with Crippen LogP contribution >= 0.6 is 0 Å². The zero-order valence-corrected chi connectivity index (χ0v) is 16.2. The molecule has 0 atom stereocenters. The molecular weight excluding hydrogens is 348 g/mol. The Bertz CT molecular complexity index is 950. The molecule has 0 heterocycles. The molecule has 0 fully saturated rings. The van der Waals surface area contributed by atoms with Gasteiger partial charge in [0.15, 0.2) is 0 Å². The number of nitrogens with zero attached hydrogens (tertiary/aromatic N) is 1.